The van der Waals surface area contributed by atoms with Gasteiger partial charge in [0.15, 0.2) is 0 Å². The maximum absolute atomic E-state index is 13.5. The van der Waals surface area contributed by atoms with Crippen LogP contribution < -0.4 is 0 Å². The molecule has 0 heterocycles. The van der Waals surface area contributed by atoms with Crippen LogP contribution in [0, 0.1) is 17.1 Å². The molecule has 3 heteroatoms. The molecule has 1 aromatic carbocycles. The molecule has 0 aliphatic heterocycles. The first-order valence-electron chi connectivity index (χ1n) is 3.85. The van der Waals surface area contributed by atoms with Crippen LogP contribution in [0.25, 0.3) is 0 Å². The molecule has 0 unspecified atom stereocenters. The Balaban J connectivity index is 3.33. The van der Waals surface area contributed by atoms with Gasteiger partial charge in [0.2, 0.25) is 0 Å². The van der Waals surface area contributed by atoms with Gasteiger partial charge in [0.25, 0.3) is 0 Å². The zero-order chi connectivity index (χ0) is 10.1. The Morgan fingerprint density at radius 2 is 2.08 bits per heavy atom. The van der Waals surface area contributed by atoms with Crippen LogP contribution in [-0.4, -0.2) is 0 Å². The zero-order valence-electron chi connectivity index (χ0n) is 7.44. The summed E-state index contributed by atoms with van der Waals surface area (Å²) in [5, 5.41) is 8.83. The van der Waals surface area contributed by atoms with Crippen LogP contribution in [0.1, 0.15) is 19.4 Å². The number of hydrogen-bond acceptors (Lipinski definition) is 1. The van der Waals surface area contributed by atoms with Crippen molar-refractivity contribution >= 4 is 15.9 Å². The summed E-state index contributed by atoms with van der Waals surface area (Å²) in [5.41, 5.74) is -0.363. The monoisotopic (exact) mass is 241 g/mol. The van der Waals surface area contributed by atoms with Crippen LogP contribution in [0.3, 0.4) is 0 Å². The first-order valence-corrected chi connectivity index (χ1v) is 4.64. The maximum Gasteiger partial charge on any atom is 0.142 e. The molecule has 1 aromatic rings. The van der Waals surface area contributed by atoms with Gasteiger partial charge in [-0.05, 0) is 35.8 Å². The summed E-state index contributed by atoms with van der Waals surface area (Å²) in [4.78, 5) is 0. The lowest BCUT2D eigenvalue weighted by Crippen LogP contribution is -2.16. The molecular weight excluding hydrogens is 233 g/mol. The second-order valence-electron chi connectivity index (χ2n) is 3.34. The van der Waals surface area contributed by atoms with Gasteiger partial charge < -0.3 is 0 Å². The lowest BCUT2D eigenvalue weighted by Gasteiger charge is -2.16. The summed E-state index contributed by atoms with van der Waals surface area (Å²) in [7, 11) is 0. The number of hydrogen-bond donors (Lipinski definition) is 0. The third kappa shape index (κ3) is 1.89. The Labute approximate surface area is 85.3 Å². The molecule has 13 heavy (non-hydrogen) atoms. The molecule has 0 spiro atoms. The lowest BCUT2D eigenvalue weighted by molar-refractivity contribution is 0.560. The number of nitriles is 1. The number of rotatable bonds is 1. The Hall–Kier alpha value is -0.880. The van der Waals surface area contributed by atoms with E-state index in [1.807, 2.05) is 0 Å². The molecule has 68 valence electrons. The topological polar surface area (TPSA) is 23.8 Å². The van der Waals surface area contributed by atoms with E-state index < -0.39 is 5.41 Å². The van der Waals surface area contributed by atoms with E-state index in [0.717, 1.165) is 0 Å². The molecule has 0 aromatic heterocycles. The average molecular weight is 242 g/mol. The molecular formula is C10H9BrFN. The van der Waals surface area contributed by atoms with Crippen LogP contribution in [0.4, 0.5) is 4.39 Å². The highest BCUT2D eigenvalue weighted by atomic mass is 79.9. The summed E-state index contributed by atoms with van der Waals surface area (Å²) >= 11 is 3.08. The Morgan fingerprint density at radius 3 is 2.62 bits per heavy atom. The van der Waals surface area contributed by atoms with E-state index >= 15 is 0 Å². The van der Waals surface area contributed by atoms with E-state index in [0.29, 0.717) is 10.0 Å². The van der Waals surface area contributed by atoms with Crippen LogP contribution in [0.15, 0.2) is 22.7 Å². The highest BCUT2D eigenvalue weighted by Crippen LogP contribution is 2.28. The molecule has 0 fully saturated rings. The highest BCUT2D eigenvalue weighted by molar-refractivity contribution is 9.10. The molecule has 0 atom stereocenters. The van der Waals surface area contributed by atoms with E-state index in [9.17, 15) is 4.39 Å². The van der Waals surface area contributed by atoms with E-state index in [4.69, 9.17) is 5.26 Å². The number of halogens is 2. The molecule has 0 N–H and O–H groups in total. The van der Waals surface area contributed by atoms with Crippen molar-refractivity contribution in [3.8, 4) is 6.07 Å². The van der Waals surface area contributed by atoms with E-state index in [1.165, 1.54) is 0 Å². The van der Waals surface area contributed by atoms with Crippen molar-refractivity contribution < 1.29 is 4.39 Å². The third-order valence-electron chi connectivity index (χ3n) is 1.90. The van der Waals surface area contributed by atoms with E-state index in [-0.39, 0.29) is 5.82 Å². The fourth-order valence-electron chi connectivity index (χ4n) is 1.05. The van der Waals surface area contributed by atoms with Crippen molar-refractivity contribution in [3.05, 3.63) is 34.1 Å². The summed E-state index contributed by atoms with van der Waals surface area (Å²) < 4.78 is 13.9. The van der Waals surface area contributed by atoms with Crippen molar-refractivity contribution in [2.45, 2.75) is 19.3 Å². The van der Waals surface area contributed by atoms with Crippen molar-refractivity contribution in [1.29, 1.82) is 5.26 Å². The Bertz CT molecular complexity index is 366. The minimum atomic E-state index is -0.784. The summed E-state index contributed by atoms with van der Waals surface area (Å²) in [6.07, 6.45) is 0. The number of nitrogens with zero attached hydrogens (tertiary/aromatic N) is 1. The van der Waals surface area contributed by atoms with E-state index in [2.05, 4.69) is 22.0 Å². The largest absolute Gasteiger partial charge is 0.205 e. The average Bonchev–Trinajstić information content (AvgIpc) is 2.09. The van der Waals surface area contributed by atoms with Gasteiger partial charge in [-0.3, -0.25) is 0 Å². The smallest absolute Gasteiger partial charge is 0.142 e. The van der Waals surface area contributed by atoms with Crippen LogP contribution in [0.5, 0.6) is 0 Å². The number of benzene rings is 1. The maximum atomic E-state index is 13.5. The first-order chi connectivity index (χ1) is 5.99. The second-order valence-corrected chi connectivity index (χ2v) is 4.19. The van der Waals surface area contributed by atoms with Crippen molar-refractivity contribution in [1.82, 2.24) is 0 Å². The van der Waals surface area contributed by atoms with Crippen molar-refractivity contribution in [3.63, 3.8) is 0 Å². The Kier molecular flexibility index (Phi) is 2.72. The SMILES string of the molecule is CC(C)(C#N)c1cccc(Br)c1F. The predicted molar refractivity (Wildman–Crippen MR) is 52.7 cm³/mol. The fourth-order valence-corrected chi connectivity index (χ4v) is 1.41. The van der Waals surface area contributed by atoms with Crippen LogP contribution >= 0.6 is 15.9 Å². The van der Waals surface area contributed by atoms with Gasteiger partial charge in [-0.15, -0.1) is 0 Å². The first kappa shape index (κ1) is 10.2. The molecule has 0 saturated carbocycles. The second kappa shape index (κ2) is 3.47. The third-order valence-corrected chi connectivity index (χ3v) is 2.52. The molecule has 0 radical (unpaired) electrons. The van der Waals surface area contributed by atoms with Gasteiger partial charge in [-0.2, -0.15) is 5.26 Å². The van der Waals surface area contributed by atoms with Crippen LogP contribution in [0.2, 0.25) is 0 Å². The summed E-state index contributed by atoms with van der Waals surface area (Å²) in [5.74, 6) is -0.353. The zero-order valence-corrected chi connectivity index (χ0v) is 9.02. The van der Waals surface area contributed by atoms with Gasteiger partial charge >= 0.3 is 0 Å². The van der Waals surface area contributed by atoms with Gasteiger partial charge in [0, 0.05) is 5.56 Å². The highest BCUT2D eigenvalue weighted by Gasteiger charge is 2.24. The minimum absolute atomic E-state index is 0.353. The van der Waals surface area contributed by atoms with Gasteiger partial charge in [-0.1, -0.05) is 12.1 Å². The quantitative estimate of drug-likeness (QED) is 0.740. The van der Waals surface area contributed by atoms with E-state index in [1.54, 1.807) is 32.0 Å². The van der Waals surface area contributed by atoms with Gasteiger partial charge in [0.05, 0.1) is 16.0 Å². The summed E-state index contributed by atoms with van der Waals surface area (Å²) in [6.45, 7) is 3.38. The molecule has 0 bridgehead atoms. The molecule has 1 rings (SSSR count). The van der Waals surface area contributed by atoms with Gasteiger partial charge in [-0.25, -0.2) is 4.39 Å². The molecule has 1 nitrogen and oxygen atoms in total. The standard InChI is InChI=1S/C10H9BrFN/c1-10(2,6-13)7-4-3-5-8(11)9(7)12/h3-5H,1-2H3. The molecule has 0 aliphatic rings. The Morgan fingerprint density at radius 1 is 1.46 bits per heavy atom. The molecule has 0 saturated heterocycles. The lowest BCUT2D eigenvalue weighted by atomic mass is 9.86. The van der Waals surface area contributed by atoms with Crippen molar-refractivity contribution in [2.24, 2.45) is 0 Å². The fraction of sp³-hybridized carbons (Fsp3) is 0.300. The van der Waals surface area contributed by atoms with Crippen molar-refractivity contribution in [2.75, 3.05) is 0 Å². The van der Waals surface area contributed by atoms with Crippen LogP contribution in [-0.2, 0) is 5.41 Å². The van der Waals surface area contributed by atoms with Gasteiger partial charge in [0.1, 0.15) is 5.82 Å². The molecule has 0 aliphatic carbocycles. The predicted octanol–water partition coefficient (Wildman–Crippen LogP) is 3.39. The normalized spacial score (nSPS) is 11.0. The summed E-state index contributed by atoms with van der Waals surface area (Å²) in [6, 6.07) is 7.03. The minimum Gasteiger partial charge on any atom is -0.205 e. The molecule has 0 amide bonds.